The second-order valence-corrected chi connectivity index (χ2v) is 9.02. The van der Waals surface area contributed by atoms with Crippen molar-refractivity contribution in [3.63, 3.8) is 0 Å². The fourth-order valence-corrected chi connectivity index (χ4v) is 4.79. The predicted molar refractivity (Wildman–Crippen MR) is 133 cm³/mol. The van der Waals surface area contributed by atoms with Gasteiger partial charge in [0.1, 0.15) is 10.8 Å². The largest absolute Gasteiger partial charge is 0.413 e. The van der Waals surface area contributed by atoms with Crippen LogP contribution in [-0.4, -0.2) is 32.7 Å². The fourth-order valence-electron chi connectivity index (χ4n) is 3.80. The van der Waals surface area contributed by atoms with Crippen molar-refractivity contribution in [1.29, 1.82) is 0 Å². The highest BCUT2D eigenvalue weighted by Crippen LogP contribution is 2.39. The lowest BCUT2D eigenvalue weighted by molar-refractivity contribution is 0.204. The molecular formula is C23H22ClN7O2S. The van der Waals surface area contributed by atoms with Gasteiger partial charge in [0.25, 0.3) is 0 Å². The molecule has 0 bridgehead atoms. The minimum atomic E-state index is -0.551. The van der Waals surface area contributed by atoms with Gasteiger partial charge in [0.2, 0.25) is 11.0 Å². The summed E-state index contributed by atoms with van der Waals surface area (Å²) in [4.78, 5) is 25.0. The van der Waals surface area contributed by atoms with Crippen LogP contribution >= 0.6 is 22.9 Å². The molecule has 9 nitrogen and oxygen atoms in total. The molecule has 1 aliphatic rings. The number of rotatable bonds is 5. The first-order valence-electron chi connectivity index (χ1n) is 10.7. The molecule has 1 aromatic carbocycles. The molecule has 3 aromatic heterocycles. The number of amides is 1. The molecule has 0 atom stereocenters. The molecule has 1 amide bonds. The quantitative estimate of drug-likeness (QED) is 0.341. The maximum Gasteiger partial charge on any atom is 0.413 e. The maximum absolute atomic E-state index is 11.7. The van der Waals surface area contributed by atoms with Crippen LogP contribution in [0.25, 0.3) is 5.69 Å². The van der Waals surface area contributed by atoms with E-state index in [0.717, 1.165) is 42.0 Å². The Morgan fingerprint density at radius 1 is 1.24 bits per heavy atom. The van der Waals surface area contributed by atoms with Crippen molar-refractivity contribution in [2.45, 2.75) is 26.2 Å². The van der Waals surface area contributed by atoms with Gasteiger partial charge < -0.3 is 25.3 Å². The number of aryl methyl sites for hydroxylation is 3. The summed E-state index contributed by atoms with van der Waals surface area (Å²) in [6.45, 7) is 1.91. The number of carbonyl (C=O) groups is 1. The van der Waals surface area contributed by atoms with Crippen molar-refractivity contribution >= 4 is 52.2 Å². The molecule has 174 valence electrons. The molecule has 0 spiro atoms. The maximum atomic E-state index is 11.7. The summed E-state index contributed by atoms with van der Waals surface area (Å²) in [6, 6.07) is 6.22. The number of benzene rings is 1. The number of anilines is 4. The van der Waals surface area contributed by atoms with Crippen molar-refractivity contribution in [2.24, 2.45) is 0 Å². The third kappa shape index (κ3) is 4.42. The standard InChI is InChI=1S/C23H22ClN7O2S/c1-13-12-34-21(33-23(32)25-2)19(13)29-20-16(24)11-27-22(30-20)28-15-7-6-14-4-3-5-18-26-8-9-31(18)17(14)10-15/h6-12H,3-5H2,1-2H3,(H,25,32)(H2,27,28,29,30). The summed E-state index contributed by atoms with van der Waals surface area (Å²) in [5, 5.41) is 11.5. The summed E-state index contributed by atoms with van der Waals surface area (Å²) < 4.78 is 7.47. The second kappa shape index (κ2) is 9.32. The van der Waals surface area contributed by atoms with E-state index in [1.165, 1.54) is 30.1 Å². The van der Waals surface area contributed by atoms with E-state index in [0.29, 0.717) is 27.5 Å². The summed E-state index contributed by atoms with van der Waals surface area (Å²) in [7, 11) is 1.51. The van der Waals surface area contributed by atoms with Crippen LogP contribution in [0.4, 0.5) is 27.9 Å². The average Bonchev–Trinajstić information content (AvgIpc) is 3.39. The highest BCUT2D eigenvalue weighted by Gasteiger charge is 2.17. The number of imidazole rings is 1. The third-order valence-electron chi connectivity index (χ3n) is 5.48. The third-order valence-corrected chi connectivity index (χ3v) is 6.73. The first-order valence-corrected chi connectivity index (χ1v) is 12.0. The minimum Gasteiger partial charge on any atom is -0.397 e. The highest BCUT2D eigenvalue weighted by atomic mass is 35.5. The molecule has 5 rings (SSSR count). The molecule has 4 aromatic rings. The lowest BCUT2D eigenvalue weighted by atomic mass is 10.1. The average molecular weight is 496 g/mol. The normalized spacial score (nSPS) is 12.3. The number of carbonyl (C=O) groups excluding carboxylic acids is 1. The van der Waals surface area contributed by atoms with Crippen LogP contribution in [0.1, 0.15) is 23.4 Å². The van der Waals surface area contributed by atoms with Crippen LogP contribution < -0.4 is 20.7 Å². The Bertz CT molecular complexity index is 1370. The monoisotopic (exact) mass is 495 g/mol. The molecule has 0 unspecified atom stereocenters. The fraction of sp³-hybridized carbons (Fsp3) is 0.217. The Labute approximate surface area is 205 Å². The topological polar surface area (TPSA) is 106 Å². The molecule has 34 heavy (non-hydrogen) atoms. The van der Waals surface area contributed by atoms with Gasteiger partial charge in [0, 0.05) is 31.5 Å². The molecule has 4 heterocycles. The van der Waals surface area contributed by atoms with Gasteiger partial charge in [0.05, 0.1) is 17.6 Å². The highest BCUT2D eigenvalue weighted by molar-refractivity contribution is 7.12. The molecule has 3 N–H and O–H groups in total. The first kappa shape index (κ1) is 22.2. The SMILES string of the molecule is CNC(=O)Oc1scc(C)c1Nc1nc(Nc2ccc3c(c2)-n2ccnc2CCC3)ncc1Cl. The molecular weight excluding hydrogens is 474 g/mol. The van der Waals surface area contributed by atoms with Crippen LogP contribution in [-0.2, 0) is 12.8 Å². The number of ether oxygens (including phenoxy) is 1. The van der Waals surface area contributed by atoms with Crippen LogP contribution in [0.15, 0.2) is 42.2 Å². The Morgan fingerprint density at radius 3 is 2.97 bits per heavy atom. The molecule has 0 fully saturated rings. The second-order valence-electron chi connectivity index (χ2n) is 7.77. The van der Waals surface area contributed by atoms with Gasteiger partial charge >= 0.3 is 6.09 Å². The van der Waals surface area contributed by atoms with Gasteiger partial charge in [0.15, 0.2) is 5.82 Å². The van der Waals surface area contributed by atoms with Gasteiger partial charge in [-0.15, -0.1) is 11.3 Å². The minimum absolute atomic E-state index is 0.340. The van der Waals surface area contributed by atoms with E-state index in [1.54, 1.807) is 0 Å². The molecule has 0 saturated heterocycles. The van der Waals surface area contributed by atoms with Gasteiger partial charge in [-0.1, -0.05) is 17.7 Å². The lowest BCUT2D eigenvalue weighted by Crippen LogP contribution is -2.22. The van der Waals surface area contributed by atoms with Crippen LogP contribution in [0, 0.1) is 6.92 Å². The van der Waals surface area contributed by atoms with Crippen molar-refractivity contribution in [1.82, 2.24) is 24.8 Å². The van der Waals surface area contributed by atoms with E-state index in [9.17, 15) is 4.79 Å². The number of halogens is 1. The van der Waals surface area contributed by atoms with Crippen LogP contribution in [0.2, 0.25) is 5.02 Å². The van der Waals surface area contributed by atoms with Crippen molar-refractivity contribution in [3.05, 3.63) is 64.1 Å². The first-order chi connectivity index (χ1) is 16.5. The zero-order valence-corrected chi connectivity index (χ0v) is 20.1. The van der Waals surface area contributed by atoms with E-state index in [-0.39, 0.29) is 0 Å². The van der Waals surface area contributed by atoms with E-state index in [2.05, 4.69) is 47.6 Å². The van der Waals surface area contributed by atoms with Gasteiger partial charge in [-0.3, -0.25) is 0 Å². The van der Waals surface area contributed by atoms with Crippen molar-refractivity contribution < 1.29 is 9.53 Å². The van der Waals surface area contributed by atoms with Gasteiger partial charge in [-0.05, 0) is 48.4 Å². The Morgan fingerprint density at radius 2 is 2.12 bits per heavy atom. The smallest absolute Gasteiger partial charge is 0.397 e. The molecule has 0 radical (unpaired) electrons. The Kier molecular flexibility index (Phi) is 6.08. The lowest BCUT2D eigenvalue weighted by Gasteiger charge is -2.14. The summed E-state index contributed by atoms with van der Waals surface area (Å²) in [5.41, 5.74) is 4.75. The van der Waals surface area contributed by atoms with E-state index in [4.69, 9.17) is 16.3 Å². The molecule has 11 heteroatoms. The Hall–Kier alpha value is -3.63. The number of fused-ring (bicyclic) bond motifs is 3. The summed E-state index contributed by atoms with van der Waals surface area (Å²) in [6.07, 6.45) is 7.83. The number of nitrogens with one attached hydrogen (secondary N) is 3. The van der Waals surface area contributed by atoms with Crippen molar-refractivity contribution in [3.8, 4) is 10.8 Å². The van der Waals surface area contributed by atoms with Crippen LogP contribution in [0.3, 0.4) is 0 Å². The molecule has 0 saturated carbocycles. The zero-order valence-electron chi connectivity index (χ0n) is 18.6. The van der Waals surface area contributed by atoms with Gasteiger partial charge in [-0.2, -0.15) is 4.98 Å². The number of nitrogens with zero attached hydrogens (tertiary/aromatic N) is 4. The number of hydrogen-bond acceptors (Lipinski definition) is 8. The number of hydrogen-bond donors (Lipinski definition) is 3. The Balaban J connectivity index is 1.41. The molecule has 0 aliphatic carbocycles. The summed E-state index contributed by atoms with van der Waals surface area (Å²) >= 11 is 7.67. The van der Waals surface area contributed by atoms with Gasteiger partial charge in [-0.25, -0.2) is 14.8 Å². The van der Waals surface area contributed by atoms with E-state index in [1.807, 2.05) is 30.8 Å². The zero-order chi connectivity index (χ0) is 23.7. The van der Waals surface area contributed by atoms with E-state index >= 15 is 0 Å². The van der Waals surface area contributed by atoms with Crippen molar-refractivity contribution in [2.75, 3.05) is 17.7 Å². The van der Waals surface area contributed by atoms with Crippen LogP contribution in [0.5, 0.6) is 5.06 Å². The van der Waals surface area contributed by atoms with E-state index < -0.39 is 6.09 Å². The summed E-state index contributed by atoms with van der Waals surface area (Å²) in [5.74, 6) is 1.84. The number of thiophene rings is 1. The molecule has 1 aliphatic heterocycles. The predicted octanol–water partition coefficient (Wildman–Crippen LogP) is 5.38. The number of aromatic nitrogens is 4.